The second kappa shape index (κ2) is 5.29. The van der Waals surface area contributed by atoms with Gasteiger partial charge < -0.3 is 4.98 Å². The molecular formula is C13H12N2O3. The number of carbonyl (C=O) groups is 1. The number of hydrogen-bond acceptors (Lipinski definition) is 3. The summed E-state index contributed by atoms with van der Waals surface area (Å²) in [4.78, 5) is 30.1. The van der Waals surface area contributed by atoms with Crippen LogP contribution >= 0.6 is 0 Å². The molecule has 5 heteroatoms. The molecule has 5 nitrogen and oxygen atoms in total. The minimum atomic E-state index is -0.426. The molecule has 0 aliphatic heterocycles. The summed E-state index contributed by atoms with van der Waals surface area (Å²) in [6, 6.07) is 9.16. The Kier molecular flexibility index (Phi) is 3.54. The van der Waals surface area contributed by atoms with Crippen molar-refractivity contribution in [1.29, 1.82) is 0 Å². The van der Waals surface area contributed by atoms with Gasteiger partial charge in [-0.05, 0) is 23.6 Å². The quantitative estimate of drug-likeness (QED) is 0.630. The Hall–Kier alpha value is -2.40. The summed E-state index contributed by atoms with van der Waals surface area (Å²) < 4.78 is 0. The van der Waals surface area contributed by atoms with Crippen molar-refractivity contribution in [3.05, 3.63) is 52.3 Å². The first-order valence-corrected chi connectivity index (χ1v) is 5.34. The Balaban J connectivity index is 2.36. The number of benzene rings is 1. The molecule has 0 saturated heterocycles. The fourth-order valence-electron chi connectivity index (χ4n) is 1.59. The van der Waals surface area contributed by atoms with Crippen LogP contribution in [0.15, 0.2) is 41.2 Å². The molecule has 1 aromatic carbocycles. The summed E-state index contributed by atoms with van der Waals surface area (Å²) in [5, 5.41) is 0.906. The molecule has 0 spiro atoms. The second-order valence-electron chi connectivity index (χ2n) is 3.64. The zero-order valence-electron chi connectivity index (χ0n) is 9.77. The first-order valence-electron chi connectivity index (χ1n) is 5.34. The Morgan fingerprint density at radius 2 is 2.17 bits per heavy atom. The van der Waals surface area contributed by atoms with Crippen molar-refractivity contribution in [3.8, 4) is 0 Å². The van der Waals surface area contributed by atoms with Crippen LogP contribution in [0.5, 0.6) is 0 Å². The maximum atomic E-state index is 11.7. The number of pyridine rings is 1. The third-order valence-electron chi connectivity index (χ3n) is 2.40. The first kappa shape index (κ1) is 12.1. The van der Waals surface area contributed by atoms with Gasteiger partial charge in [0.05, 0.1) is 7.11 Å². The largest absolute Gasteiger partial charge is 0.321 e. The molecule has 18 heavy (non-hydrogen) atoms. The number of fused-ring (bicyclic) bond motifs is 1. The maximum Gasteiger partial charge on any atom is 0.267 e. The monoisotopic (exact) mass is 244 g/mol. The zero-order valence-corrected chi connectivity index (χ0v) is 9.77. The number of para-hydroxylation sites is 1. The van der Waals surface area contributed by atoms with E-state index in [0.29, 0.717) is 5.56 Å². The average Bonchev–Trinajstić information content (AvgIpc) is 2.36. The van der Waals surface area contributed by atoms with E-state index in [1.807, 2.05) is 24.3 Å². The summed E-state index contributed by atoms with van der Waals surface area (Å²) in [6.45, 7) is 0. The normalized spacial score (nSPS) is 10.9. The minimum absolute atomic E-state index is 0.241. The topological polar surface area (TPSA) is 71.2 Å². The molecule has 0 aliphatic rings. The second-order valence-corrected chi connectivity index (χ2v) is 3.64. The van der Waals surface area contributed by atoms with Crippen LogP contribution < -0.4 is 11.0 Å². The van der Waals surface area contributed by atoms with E-state index in [1.54, 1.807) is 6.07 Å². The molecule has 1 heterocycles. The van der Waals surface area contributed by atoms with Crippen molar-refractivity contribution in [2.75, 3.05) is 7.11 Å². The van der Waals surface area contributed by atoms with Crippen LogP contribution in [0.4, 0.5) is 0 Å². The van der Waals surface area contributed by atoms with Gasteiger partial charge in [-0.1, -0.05) is 18.2 Å². The highest BCUT2D eigenvalue weighted by atomic mass is 16.6. The van der Waals surface area contributed by atoms with E-state index < -0.39 is 5.91 Å². The smallest absolute Gasteiger partial charge is 0.267 e. The lowest BCUT2D eigenvalue weighted by molar-refractivity contribution is -0.126. The highest BCUT2D eigenvalue weighted by Crippen LogP contribution is 2.10. The summed E-state index contributed by atoms with van der Waals surface area (Å²) in [5.74, 6) is -0.426. The van der Waals surface area contributed by atoms with Crippen molar-refractivity contribution in [1.82, 2.24) is 10.5 Å². The van der Waals surface area contributed by atoms with Crippen LogP contribution in [0.1, 0.15) is 5.56 Å². The lowest BCUT2D eigenvalue weighted by Crippen LogP contribution is -2.19. The molecule has 1 aromatic heterocycles. The van der Waals surface area contributed by atoms with Gasteiger partial charge in [-0.2, -0.15) is 0 Å². The van der Waals surface area contributed by atoms with Gasteiger partial charge >= 0.3 is 0 Å². The predicted octanol–water partition coefficient (Wildman–Crippen LogP) is 1.22. The number of hydroxylamine groups is 1. The fraction of sp³-hybridized carbons (Fsp3) is 0.0769. The number of amides is 1. The third-order valence-corrected chi connectivity index (χ3v) is 2.40. The van der Waals surface area contributed by atoms with Crippen LogP contribution in [0.2, 0.25) is 0 Å². The number of H-pyrrole nitrogens is 1. The summed E-state index contributed by atoms with van der Waals surface area (Å²) in [5.41, 5.74) is 3.08. The molecular weight excluding hydrogens is 232 g/mol. The van der Waals surface area contributed by atoms with E-state index in [-0.39, 0.29) is 5.56 Å². The number of hydrogen-bond donors (Lipinski definition) is 2. The van der Waals surface area contributed by atoms with E-state index >= 15 is 0 Å². The van der Waals surface area contributed by atoms with Crippen LogP contribution in [0, 0.1) is 0 Å². The van der Waals surface area contributed by atoms with Gasteiger partial charge in [-0.15, -0.1) is 0 Å². The van der Waals surface area contributed by atoms with Gasteiger partial charge in [0.25, 0.3) is 11.5 Å². The van der Waals surface area contributed by atoms with E-state index in [4.69, 9.17) is 0 Å². The molecule has 2 N–H and O–H groups in total. The summed E-state index contributed by atoms with van der Waals surface area (Å²) >= 11 is 0. The molecule has 0 fully saturated rings. The summed E-state index contributed by atoms with van der Waals surface area (Å²) in [6.07, 6.45) is 2.68. The lowest BCUT2D eigenvalue weighted by atomic mass is 10.1. The Morgan fingerprint density at radius 1 is 1.39 bits per heavy atom. The standard InChI is InChI=1S/C13H12N2O3/c1-18-15-12(16)7-6-10-8-9-4-2-3-5-11(9)14-13(10)17/h2-8H,1H3,(H,14,17)(H,15,16)/b7-6+. The molecule has 2 rings (SSSR count). The van der Waals surface area contributed by atoms with Gasteiger partial charge in [0.15, 0.2) is 0 Å². The maximum absolute atomic E-state index is 11.7. The number of carbonyl (C=O) groups excluding carboxylic acids is 1. The highest BCUT2D eigenvalue weighted by molar-refractivity contribution is 5.91. The van der Waals surface area contributed by atoms with Crippen LogP contribution in [0.25, 0.3) is 17.0 Å². The van der Waals surface area contributed by atoms with Crippen LogP contribution in [-0.2, 0) is 9.63 Å². The van der Waals surface area contributed by atoms with E-state index in [9.17, 15) is 9.59 Å². The third kappa shape index (κ3) is 2.64. The molecule has 2 aromatic rings. The number of rotatable bonds is 3. The number of aromatic nitrogens is 1. The lowest BCUT2D eigenvalue weighted by Gasteiger charge is -1.99. The molecule has 0 saturated carbocycles. The van der Waals surface area contributed by atoms with Crippen molar-refractivity contribution >= 4 is 22.9 Å². The van der Waals surface area contributed by atoms with Crippen molar-refractivity contribution in [2.45, 2.75) is 0 Å². The van der Waals surface area contributed by atoms with Gasteiger partial charge in [0.1, 0.15) is 0 Å². The van der Waals surface area contributed by atoms with Gasteiger partial charge in [0, 0.05) is 17.2 Å². The molecule has 0 unspecified atom stereocenters. The van der Waals surface area contributed by atoms with Gasteiger partial charge in [-0.3, -0.25) is 14.4 Å². The number of aromatic amines is 1. The fourth-order valence-corrected chi connectivity index (χ4v) is 1.59. The van der Waals surface area contributed by atoms with Crippen LogP contribution in [0.3, 0.4) is 0 Å². The van der Waals surface area contributed by atoms with E-state index in [0.717, 1.165) is 10.9 Å². The predicted molar refractivity (Wildman–Crippen MR) is 68.8 cm³/mol. The SMILES string of the molecule is CONC(=O)/C=C/c1cc2ccccc2[nH]c1=O. The van der Waals surface area contributed by atoms with Crippen molar-refractivity contribution in [2.24, 2.45) is 0 Å². The Bertz CT molecular complexity index is 659. The van der Waals surface area contributed by atoms with Crippen LogP contribution in [-0.4, -0.2) is 18.0 Å². The zero-order chi connectivity index (χ0) is 13.0. The average molecular weight is 244 g/mol. The molecule has 0 bridgehead atoms. The summed E-state index contributed by atoms with van der Waals surface area (Å²) in [7, 11) is 1.34. The van der Waals surface area contributed by atoms with Gasteiger partial charge in [0.2, 0.25) is 0 Å². The van der Waals surface area contributed by atoms with Gasteiger partial charge in [-0.25, -0.2) is 5.48 Å². The Labute approximate surface area is 103 Å². The Morgan fingerprint density at radius 3 is 2.94 bits per heavy atom. The van der Waals surface area contributed by atoms with E-state index in [2.05, 4.69) is 15.3 Å². The first-order chi connectivity index (χ1) is 8.70. The van der Waals surface area contributed by atoms with Crippen molar-refractivity contribution < 1.29 is 9.63 Å². The van der Waals surface area contributed by atoms with Crippen molar-refractivity contribution in [3.63, 3.8) is 0 Å². The molecule has 92 valence electrons. The molecule has 0 radical (unpaired) electrons. The molecule has 0 atom stereocenters. The minimum Gasteiger partial charge on any atom is -0.321 e. The molecule has 0 aliphatic carbocycles. The highest BCUT2D eigenvalue weighted by Gasteiger charge is 2.00. The van der Waals surface area contributed by atoms with E-state index in [1.165, 1.54) is 19.3 Å². The molecule has 1 amide bonds. The number of nitrogens with one attached hydrogen (secondary N) is 2.